The first kappa shape index (κ1) is 9.09. The fourth-order valence-electron chi connectivity index (χ4n) is 1.54. The van der Waals surface area contributed by atoms with E-state index < -0.39 is 0 Å². The molecule has 0 radical (unpaired) electrons. The predicted octanol–water partition coefficient (Wildman–Crippen LogP) is 1.94. The van der Waals surface area contributed by atoms with Crippen molar-refractivity contribution in [2.24, 2.45) is 5.73 Å². The first-order chi connectivity index (χ1) is 6.85. The molecule has 1 aromatic carbocycles. The number of hydrogen-bond donors (Lipinski definition) is 1. The van der Waals surface area contributed by atoms with Gasteiger partial charge in [0.25, 0.3) is 0 Å². The van der Waals surface area contributed by atoms with Gasteiger partial charge in [0.2, 0.25) is 0 Å². The van der Waals surface area contributed by atoms with Gasteiger partial charge >= 0.3 is 0 Å². The Kier molecular flexibility index (Phi) is 2.41. The highest BCUT2D eigenvalue weighted by molar-refractivity contribution is 5.82. The Morgan fingerprint density at radius 3 is 3.00 bits per heavy atom. The average molecular weight is 191 g/mol. The minimum absolute atomic E-state index is 0.640. The predicted molar refractivity (Wildman–Crippen MR) is 55.5 cm³/mol. The third-order valence-electron chi connectivity index (χ3n) is 2.28. The summed E-state index contributed by atoms with van der Waals surface area (Å²) in [4.78, 5) is 0. The molecule has 0 saturated carbocycles. The Morgan fingerprint density at radius 2 is 2.29 bits per heavy atom. The zero-order valence-electron chi connectivity index (χ0n) is 8.12. The molecule has 2 rings (SSSR count). The maximum absolute atomic E-state index is 5.50. The molecule has 14 heavy (non-hydrogen) atoms. The van der Waals surface area contributed by atoms with Crippen molar-refractivity contribution in [3.05, 3.63) is 30.0 Å². The Morgan fingerprint density at radius 1 is 1.43 bits per heavy atom. The zero-order chi connectivity index (χ0) is 9.97. The first-order valence-electron chi connectivity index (χ1n) is 4.59. The zero-order valence-corrected chi connectivity index (χ0v) is 8.12. The van der Waals surface area contributed by atoms with Crippen LogP contribution in [0.2, 0.25) is 0 Å². The number of furan rings is 1. The fourth-order valence-corrected chi connectivity index (χ4v) is 1.54. The van der Waals surface area contributed by atoms with E-state index >= 15 is 0 Å². The minimum Gasteiger partial charge on any atom is -0.497 e. The van der Waals surface area contributed by atoms with Gasteiger partial charge in [-0.1, -0.05) is 0 Å². The second kappa shape index (κ2) is 3.72. The Labute approximate surface area is 82.5 Å². The molecule has 0 spiro atoms. The van der Waals surface area contributed by atoms with Crippen molar-refractivity contribution in [2.45, 2.75) is 6.42 Å². The van der Waals surface area contributed by atoms with Crippen LogP contribution in [-0.2, 0) is 6.42 Å². The molecule has 3 heteroatoms. The van der Waals surface area contributed by atoms with Crippen molar-refractivity contribution < 1.29 is 9.15 Å². The van der Waals surface area contributed by atoms with Crippen molar-refractivity contribution in [1.29, 1.82) is 0 Å². The van der Waals surface area contributed by atoms with Crippen LogP contribution >= 0.6 is 0 Å². The summed E-state index contributed by atoms with van der Waals surface area (Å²) < 4.78 is 10.5. The number of ether oxygens (including phenoxy) is 1. The number of nitrogens with two attached hydrogens (primary N) is 1. The van der Waals surface area contributed by atoms with Gasteiger partial charge in [0, 0.05) is 11.5 Å². The summed E-state index contributed by atoms with van der Waals surface area (Å²) in [5.41, 5.74) is 7.51. The average Bonchev–Trinajstić information content (AvgIpc) is 2.61. The third kappa shape index (κ3) is 1.46. The van der Waals surface area contributed by atoms with Gasteiger partial charge in [-0.3, -0.25) is 0 Å². The standard InChI is InChI=1S/C11H13NO2/c1-13-9-2-3-10-8(4-5-12)7-14-11(10)6-9/h2-3,6-7H,4-5,12H2,1H3. The molecule has 0 aliphatic rings. The van der Waals surface area contributed by atoms with Gasteiger partial charge in [-0.15, -0.1) is 0 Å². The highest BCUT2D eigenvalue weighted by atomic mass is 16.5. The van der Waals surface area contributed by atoms with E-state index in [2.05, 4.69) is 0 Å². The SMILES string of the molecule is COc1ccc2c(CCN)coc2c1. The summed E-state index contributed by atoms with van der Waals surface area (Å²) in [5, 5.41) is 1.12. The highest BCUT2D eigenvalue weighted by Crippen LogP contribution is 2.25. The second-order valence-electron chi connectivity index (χ2n) is 3.16. The lowest BCUT2D eigenvalue weighted by Crippen LogP contribution is -2.01. The van der Waals surface area contributed by atoms with Crippen molar-refractivity contribution in [2.75, 3.05) is 13.7 Å². The van der Waals surface area contributed by atoms with Gasteiger partial charge in [-0.25, -0.2) is 0 Å². The van der Waals surface area contributed by atoms with Gasteiger partial charge < -0.3 is 14.9 Å². The fraction of sp³-hybridized carbons (Fsp3) is 0.273. The number of hydrogen-bond acceptors (Lipinski definition) is 3. The van der Waals surface area contributed by atoms with E-state index in [-0.39, 0.29) is 0 Å². The number of fused-ring (bicyclic) bond motifs is 1. The van der Waals surface area contributed by atoms with E-state index in [0.29, 0.717) is 6.54 Å². The maximum atomic E-state index is 5.50. The topological polar surface area (TPSA) is 48.4 Å². The van der Waals surface area contributed by atoms with Gasteiger partial charge in [0.15, 0.2) is 0 Å². The molecule has 74 valence electrons. The minimum atomic E-state index is 0.640. The molecule has 1 heterocycles. The molecule has 0 aliphatic heterocycles. The van der Waals surface area contributed by atoms with Crippen LogP contribution in [0.15, 0.2) is 28.9 Å². The number of rotatable bonds is 3. The van der Waals surface area contributed by atoms with Crippen LogP contribution in [0.25, 0.3) is 11.0 Å². The van der Waals surface area contributed by atoms with Crippen LogP contribution in [0, 0.1) is 0 Å². The van der Waals surface area contributed by atoms with Gasteiger partial charge in [-0.2, -0.15) is 0 Å². The summed E-state index contributed by atoms with van der Waals surface area (Å²) in [6.07, 6.45) is 2.61. The molecule has 2 aromatic rings. The number of benzene rings is 1. The van der Waals surface area contributed by atoms with Crippen molar-refractivity contribution in [1.82, 2.24) is 0 Å². The molecule has 0 aliphatic carbocycles. The lowest BCUT2D eigenvalue weighted by atomic mass is 10.1. The number of methoxy groups -OCH3 is 1. The lowest BCUT2D eigenvalue weighted by Gasteiger charge is -1.98. The Balaban J connectivity index is 2.48. The molecule has 0 atom stereocenters. The molecule has 0 fully saturated rings. The monoisotopic (exact) mass is 191 g/mol. The smallest absolute Gasteiger partial charge is 0.137 e. The second-order valence-corrected chi connectivity index (χ2v) is 3.16. The molecule has 2 N–H and O–H groups in total. The molecule has 0 amide bonds. The van der Waals surface area contributed by atoms with Crippen LogP contribution in [0.5, 0.6) is 5.75 Å². The van der Waals surface area contributed by atoms with Crippen LogP contribution < -0.4 is 10.5 Å². The van der Waals surface area contributed by atoms with Gasteiger partial charge in [0.1, 0.15) is 11.3 Å². The van der Waals surface area contributed by atoms with E-state index in [9.17, 15) is 0 Å². The maximum Gasteiger partial charge on any atom is 0.137 e. The molecule has 0 bridgehead atoms. The summed E-state index contributed by atoms with van der Waals surface area (Å²) in [6, 6.07) is 5.82. The van der Waals surface area contributed by atoms with Crippen molar-refractivity contribution >= 4 is 11.0 Å². The van der Waals surface area contributed by atoms with E-state index in [0.717, 1.165) is 28.7 Å². The molecular formula is C11H13NO2. The summed E-state index contributed by atoms with van der Waals surface area (Å²) >= 11 is 0. The summed E-state index contributed by atoms with van der Waals surface area (Å²) in [6.45, 7) is 0.640. The summed E-state index contributed by atoms with van der Waals surface area (Å²) in [7, 11) is 1.64. The lowest BCUT2D eigenvalue weighted by molar-refractivity contribution is 0.414. The van der Waals surface area contributed by atoms with E-state index in [1.807, 2.05) is 18.2 Å². The van der Waals surface area contributed by atoms with Gasteiger partial charge in [0.05, 0.1) is 13.4 Å². The van der Waals surface area contributed by atoms with Crippen LogP contribution in [0.1, 0.15) is 5.56 Å². The van der Waals surface area contributed by atoms with Crippen LogP contribution in [-0.4, -0.2) is 13.7 Å². The highest BCUT2D eigenvalue weighted by Gasteiger charge is 2.05. The van der Waals surface area contributed by atoms with Gasteiger partial charge in [-0.05, 0) is 30.7 Å². The van der Waals surface area contributed by atoms with Crippen LogP contribution in [0.3, 0.4) is 0 Å². The first-order valence-corrected chi connectivity index (χ1v) is 4.59. The van der Waals surface area contributed by atoms with E-state index in [1.165, 1.54) is 0 Å². The quantitative estimate of drug-likeness (QED) is 0.806. The third-order valence-corrected chi connectivity index (χ3v) is 2.28. The molecule has 1 aromatic heterocycles. The molecular weight excluding hydrogens is 178 g/mol. The van der Waals surface area contributed by atoms with Crippen molar-refractivity contribution in [3.63, 3.8) is 0 Å². The normalized spacial score (nSPS) is 10.7. The largest absolute Gasteiger partial charge is 0.497 e. The van der Waals surface area contributed by atoms with E-state index in [4.69, 9.17) is 14.9 Å². The Hall–Kier alpha value is -1.48. The summed E-state index contributed by atoms with van der Waals surface area (Å²) in [5.74, 6) is 0.811. The van der Waals surface area contributed by atoms with E-state index in [1.54, 1.807) is 13.4 Å². The Bertz CT molecular complexity index is 434. The molecule has 0 saturated heterocycles. The van der Waals surface area contributed by atoms with Crippen molar-refractivity contribution in [3.8, 4) is 5.75 Å². The molecule has 0 unspecified atom stereocenters. The molecule has 3 nitrogen and oxygen atoms in total. The van der Waals surface area contributed by atoms with Crippen LogP contribution in [0.4, 0.5) is 0 Å².